The molecule has 0 spiro atoms. The molecule has 1 rings (SSSR count). The molecule has 0 saturated carbocycles. The minimum absolute atomic E-state index is 0.00635. The number of pyridine rings is 1. The van der Waals surface area contributed by atoms with Crippen LogP contribution in [0.4, 0.5) is 0 Å². The number of aliphatic imine (C=N–C) groups is 1. The van der Waals surface area contributed by atoms with Crippen molar-refractivity contribution in [3.63, 3.8) is 0 Å². The Balaban J connectivity index is 2.64. The van der Waals surface area contributed by atoms with Gasteiger partial charge in [-0.05, 0) is 25.5 Å². The Morgan fingerprint density at radius 2 is 2.14 bits per heavy atom. The average Bonchev–Trinajstić information content (AvgIpc) is 2.50. The number of hydrogen-bond donors (Lipinski definition) is 2. The number of amides is 1. The molecule has 0 aliphatic rings. The number of aromatic nitrogens is 1. The van der Waals surface area contributed by atoms with Crippen molar-refractivity contribution in [3.8, 4) is 5.88 Å². The van der Waals surface area contributed by atoms with Crippen LogP contribution in [0.25, 0.3) is 0 Å². The van der Waals surface area contributed by atoms with E-state index in [0.717, 1.165) is 12.1 Å². The lowest BCUT2D eigenvalue weighted by molar-refractivity contribution is -0.127. The van der Waals surface area contributed by atoms with E-state index in [4.69, 9.17) is 4.74 Å². The van der Waals surface area contributed by atoms with Crippen LogP contribution in [-0.4, -0.2) is 55.5 Å². The maximum absolute atomic E-state index is 11.6. The van der Waals surface area contributed by atoms with E-state index in [0.29, 0.717) is 25.0 Å². The summed E-state index contributed by atoms with van der Waals surface area (Å²) < 4.78 is 5.37. The van der Waals surface area contributed by atoms with E-state index in [-0.39, 0.29) is 12.5 Å². The van der Waals surface area contributed by atoms with Crippen LogP contribution >= 0.6 is 0 Å². The summed E-state index contributed by atoms with van der Waals surface area (Å²) in [5.74, 6) is 1.19. The van der Waals surface area contributed by atoms with E-state index in [9.17, 15) is 4.79 Å². The van der Waals surface area contributed by atoms with Crippen LogP contribution in [-0.2, 0) is 11.3 Å². The topological polar surface area (TPSA) is 78.9 Å². The first-order valence-electron chi connectivity index (χ1n) is 7.36. The van der Waals surface area contributed by atoms with Gasteiger partial charge < -0.3 is 20.3 Å². The molecule has 0 aliphatic heterocycles. The first-order chi connectivity index (χ1) is 10.6. The summed E-state index contributed by atoms with van der Waals surface area (Å²) in [4.78, 5) is 21.7. The normalized spacial score (nSPS) is 11.0. The fourth-order valence-corrected chi connectivity index (χ4v) is 1.61. The largest absolute Gasteiger partial charge is 0.478 e. The maximum Gasteiger partial charge on any atom is 0.241 e. The van der Waals surface area contributed by atoms with Gasteiger partial charge in [0.05, 0.1) is 19.7 Å². The van der Waals surface area contributed by atoms with E-state index in [1.807, 2.05) is 26.0 Å². The molecule has 0 fully saturated rings. The number of rotatable bonds is 7. The van der Waals surface area contributed by atoms with E-state index in [1.165, 1.54) is 4.90 Å². The molecule has 7 heteroatoms. The van der Waals surface area contributed by atoms with E-state index in [1.54, 1.807) is 20.3 Å². The van der Waals surface area contributed by atoms with Gasteiger partial charge in [0.1, 0.15) is 0 Å². The number of carbonyl (C=O) groups excluding carboxylic acids is 1. The highest BCUT2D eigenvalue weighted by molar-refractivity contribution is 5.86. The monoisotopic (exact) mass is 307 g/mol. The van der Waals surface area contributed by atoms with Crippen LogP contribution < -0.4 is 15.4 Å². The Morgan fingerprint density at radius 1 is 1.36 bits per heavy atom. The number of carbonyl (C=O) groups is 1. The number of ether oxygens (including phenoxy) is 1. The van der Waals surface area contributed by atoms with Crippen LogP contribution in [0.2, 0.25) is 0 Å². The number of nitrogens with one attached hydrogen (secondary N) is 2. The Hall–Kier alpha value is -2.31. The third-order valence-electron chi connectivity index (χ3n) is 2.76. The maximum atomic E-state index is 11.6. The summed E-state index contributed by atoms with van der Waals surface area (Å²) >= 11 is 0. The fourth-order valence-electron chi connectivity index (χ4n) is 1.61. The summed E-state index contributed by atoms with van der Waals surface area (Å²) in [5.41, 5.74) is 0.995. The van der Waals surface area contributed by atoms with Gasteiger partial charge in [0.25, 0.3) is 0 Å². The smallest absolute Gasteiger partial charge is 0.241 e. The second-order valence-corrected chi connectivity index (χ2v) is 4.77. The summed E-state index contributed by atoms with van der Waals surface area (Å²) in [5, 5.41) is 6.12. The Bertz CT molecular complexity index is 502. The van der Waals surface area contributed by atoms with Crippen LogP contribution in [0.3, 0.4) is 0 Å². The van der Waals surface area contributed by atoms with Crippen LogP contribution in [0.15, 0.2) is 23.3 Å². The van der Waals surface area contributed by atoms with Crippen molar-refractivity contribution in [3.05, 3.63) is 23.9 Å². The highest BCUT2D eigenvalue weighted by Gasteiger charge is 2.05. The molecule has 0 aromatic carbocycles. The average molecular weight is 307 g/mol. The highest BCUT2D eigenvalue weighted by Crippen LogP contribution is 2.10. The minimum atomic E-state index is -0.00635. The van der Waals surface area contributed by atoms with Crippen molar-refractivity contribution in [2.24, 2.45) is 4.99 Å². The molecule has 7 nitrogen and oxygen atoms in total. The lowest BCUT2D eigenvalue weighted by atomic mass is 10.3. The van der Waals surface area contributed by atoms with Gasteiger partial charge in [-0.15, -0.1) is 0 Å². The Kier molecular flexibility index (Phi) is 7.74. The zero-order chi connectivity index (χ0) is 16.4. The summed E-state index contributed by atoms with van der Waals surface area (Å²) in [6.07, 6.45) is 1.70. The Labute approximate surface area is 131 Å². The van der Waals surface area contributed by atoms with Gasteiger partial charge in [0, 0.05) is 32.9 Å². The van der Waals surface area contributed by atoms with E-state index >= 15 is 0 Å². The molecule has 1 aromatic heterocycles. The molecule has 0 saturated heterocycles. The lowest BCUT2D eigenvalue weighted by Gasteiger charge is -2.14. The summed E-state index contributed by atoms with van der Waals surface area (Å²) in [6.45, 7) is 5.89. The molecule has 22 heavy (non-hydrogen) atoms. The molecule has 2 N–H and O–H groups in total. The van der Waals surface area contributed by atoms with Gasteiger partial charge in [0.2, 0.25) is 11.8 Å². The van der Waals surface area contributed by atoms with Crippen molar-refractivity contribution in [1.29, 1.82) is 0 Å². The van der Waals surface area contributed by atoms with Crippen LogP contribution in [0.5, 0.6) is 5.88 Å². The van der Waals surface area contributed by atoms with E-state index in [2.05, 4.69) is 20.6 Å². The Morgan fingerprint density at radius 3 is 2.77 bits per heavy atom. The standard InChI is InChI=1S/C15H25N5O2/c1-5-16-15(19-11-14(21)20(3)4)18-10-12-7-8-17-13(9-12)22-6-2/h7-9H,5-6,10-11H2,1-4H3,(H2,16,18,19). The molecule has 0 atom stereocenters. The van der Waals surface area contributed by atoms with Crippen molar-refractivity contribution in [2.75, 3.05) is 33.8 Å². The molecule has 1 amide bonds. The zero-order valence-corrected chi connectivity index (χ0v) is 13.7. The first-order valence-corrected chi connectivity index (χ1v) is 7.36. The predicted molar refractivity (Wildman–Crippen MR) is 86.9 cm³/mol. The van der Waals surface area contributed by atoms with Gasteiger partial charge in [0.15, 0.2) is 5.96 Å². The van der Waals surface area contributed by atoms with Crippen molar-refractivity contribution in [1.82, 2.24) is 20.5 Å². The van der Waals surface area contributed by atoms with Gasteiger partial charge in [-0.2, -0.15) is 0 Å². The lowest BCUT2D eigenvalue weighted by Crippen LogP contribution is -2.42. The molecular weight excluding hydrogens is 282 g/mol. The SMILES string of the molecule is CCNC(=NCc1ccnc(OCC)c1)NCC(=O)N(C)C. The van der Waals surface area contributed by atoms with Gasteiger partial charge in [-0.3, -0.25) is 4.79 Å². The third kappa shape index (κ3) is 6.43. The van der Waals surface area contributed by atoms with E-state index < -0.39 is 0 Å². The molecule has 0 bridgehead atoms. The number of likely N-dealkylation sites (N-methyl/N-ethyl adjacent to an activating group) is 1. The third-order valence-corrected chi connectivity index (χ3v) is 2.76. The molecule has 122 valence electrons. The zero-order valence-electron chi connectivity index (χ0n) is 13.7. The molecular formula is C15H25N5O2. The number of nitrogens with zero attached hydrogens (tertiary/aromatic N) is 3. The quantitative estimate of drug-likeness (QED) is 0.570. The van der Waals surface area contributed by atoms with Crippen LogP contribution in [0, 0.1) is 0 Å². The second-order valence-electron chi connectivity index (χ2n) is 4.77. The highest BCUT2D eigenvalue weighted by atomic mass is 16.5. The van der Waals surface area contributed by atoms with Crippen LogP contribution in [0.1, 0.15) is 19.4 Å². The fraction of sp³-hybridized carbons (Fsp3) is 0.533. The molecule has 0 radical (unpaired) electrons. The predicted octanol–water partition coefficient (Wildman–Crippen LogP) is 0.624. The van der Waals surface area contributed by atoms with Gasteiger partial charge in [-0.25, -0.2) is 9.98 Å². The summed E-state index contributed by atoms with van der Waals surface area (Å²) in [7, 11) is 3.45. The van der Waals surface area contributed by atoms with Crippen molar-refractivity contribution in [2.45, 2.75) is 20.4 Å². The summed E-state index contributed by atoms with van der Waals surface area (Å²) in [6, 6.07) is 3.75. The number of hydrogen-bond acceptors (Lipinski definition) is 4. The number of guanidine groups is 1. The first kappa shape index (κ1) is 17.7. The van der Waals surface area contributed by atoms with Gasteiger partial charge in [-0.1, -0.05) is 0 Å². The molecule has 1 aromatic rings. The molecule has 0 unspecified atom stereocenters. The minimum Gasteiger partial charge on any atom is -0.478 e. The molecule has 1 heterocycles. The second kappa shape index (κ2) is 9.59. The van der Waals surface area contributed by atoms with Crippen molar-refractivity contribution < 1.29 is 9.53 Å². The van der Waals surface area contributed by atoms with Gasteiger partial charge >= 0.3 is 0 Å². The molecule has 0 aliphatic carbocycles. The van der Waals surface area contributed by atoms with Crippen molar-refractivity contribution >= 4 is 11.9 Å².